The second-order valence-corrected chi connectivity index (χ2v) is 10.1. The molecule has 3 aromatic rings. The molecule has 0 bridgehead atoms. The zero-order chi connectivity index (χ0) is 30.0. The molecule has 42 heavy (non-hydrogen) atoms. The number of carboxylic acids is 1. The molecule has 1 amide bonds. The number of carbonyl (C=O) groups excluding carboxylic acids is 3. The van der Waals surface area contributed by atoms with E-state index in [0.29, 0.717) is 51.9 Å². The highest BCUT2D eigenvalue weighted by Gasteiger charge is 2.41. The summed E-state index contributed by atoms with van der Waals surface area (Å²) in [5, 5.41) is 14.6. The van der Waals surface area contributed by atoms with Gasteiger partial charge in [0.25, 0.3) is 0 Å². The van der Waals surface area contributed by atoms with Crippen LogP contribution in [0.5, 0.6) is 17.2 Å². The van der Waals surface area contributed by atoms with Crippen LogP contribution in [0.4, 0.5) is 15.8 Å². The van der Waals surface area contributed by atoms with Gasteiger partial charge in [0.15, 0.2) is 17.3 Å². The summed E-state index contributed by atoms with van der Waals surface area (Å²) in [6.07, 6.45) is -0.361. The Balaban J connectivity index is 1.67. The van der Waals surface area contributed by atoms with Crippen molar-refractivity contribution in [2.24, 2.45) is 0 Å². The summed E-state index contributed by atoms with van der Waals surface area (Å²) in [6.45, 7) is 0. The Morgan fingerprint density at radius 1 is 0.929 bits per heavy atom. The van der Waals surface area contributed by atoms with Gasteiger partial charge in [0, 0.05) is 30.1 Å². The Hall–Kier alpha value is -4.86. The van der Waals surface area contributed by atoms with Crippen molar-refractivity contribution in [3.8, 4) is 17.2 Å². The maximum absolute atomic E-state index is 14.6. The quantitative estimate of drug-likeness (QED) is 0.425. The Labute approximate surface area is 242 Å². The summed E-state index contributed by atoms with van der Waals surface area (Å²) in [5.41, 5.74) is 3.10. The van der Waals surface area contributed by atoms with Crippen LogP contribution in [0.2, 0.25) is 0 Å². The molecular formula is C32H30FN2O7-. The minimum atomic E-state index is -1.37. The summed E-state index contributed by atoms with van der Waals surface area (Å²) in [5.74, 6) is -1.59. The van der Waals surface area contributed by atoms with E-state index in [2.05, 4.69) is 5.32 Å². The number of rotatable bonds is 8. The third-order valence-electron chi connectivity index (χ3n) is 7.62. The number of carbonyl (C=O) groups is 3. The number of ketones is 1. The Morgan fingerprint density at radius 3 is 2.29 bits per heavy atom. The number of nitrogens with zero attached hydrogens (tertiary/aromatic N) is 1. The van der Waals surface area contributed by atoms with E-state index in [0.717, 1.165) is 5.56 Å². The van der Waals surface area contributed by atoms with Crippen molar-refractivity contribution in [3.05, 3.63) is 88.9 Å². The van der Waals surface area contributed by atoms with Crippen molar-refractivity contribution in [3.63, 3.8) is 0 Å². The fraction of sp³-hybridized carbons (Fsp3) is 0.281. The molecule has 0 radical (unpaired) electrons. The lowest BCUT2D eigenvalue weighted by atomic mass is 9.78. The number of para-hydroxylation sites is 2. The molecule has 2 aliphatic rings. The monoisotopic (exact) mass is 573 g/mol. The van der Waals surface area contributed by atoms with Crippen LogP contribution in [-0.4, -0.2) is 39.0 Å². The summed E-state index contributed by atoms with van der Waals surface area (Å²) >= 11 is 0. The van der Waals surface area contributed by atoms with Gasteiger partial charge in [-0.05, 0) is 66.3 Å². The number of fused-ring (bicyclic) bond motifs is 1. The molecule has 1 N–H and O–H groups in total. The van der Waals surface area contributed by atoms with Crippen LogP contribution >= 0.6 is 0 Å². The number of carboxylic acid groups (broad SMARTS) is 1. The molecule has 9 nitrogen and oxygen atoms in total. The van der Waals surface area contributed by atoms with E-state index in [-0.39, 0.29) is 24.5 Å². The number of aliphatic carboxylic acids is 1. The van der Waals surface area contributed by atoms with Gasteiger partial charge in [0.1, 0.15) is 5.82 Å². The highest BCUT2D eigenvalue weighted by Crippen LogP contribution is 2.49. The average Bonchev–Trinajstić information content (AvgIpc) is 3.13. The molecule has 0 spiro atoms. The Bertz CT molecular complexity index is 1560. The first-order valence-corrected chi connectivity index (χ1v) is 13.4. The molecule has 1 aliphatic carbocycles. The molecular weight excluding hydrogens is 543 g/mol. The Morgan fingerprint density at radius 2 is 1.64 bits per heavy atom. The van der Waals surface area contributed by atoms with E-state index in [1.807, 2.05) is 12.1 Å². The molecule has 5 rings (SSSR count). The van der Waals surface area contributed by atoms with Gasteiger partial charge in [-0.3, -0.25) is 14.5 Å². The number of methoxy groups -OCH3 is 3. The highest BCUT2D eigenvalue weighted by atomic mass is 19.1. The molecule has 0 fully saturated rings. The summed E-state index contributed by atoms with van der Waals surface area (Å²) in [4.78, 5) is 40.5. The molecule has 218 valence electrons. The summed E-state index contributed by atoms with van der Waals surface area (Å²) in [6, 6.07) is 15.4. The van der Waals surface area contributed by atoms with Crippen LogP contribution in [0.15, 0.2) is 71.9 Å². The van der Waals surface area contributed by atoms with Crippen LogP contribution in [0, 0.1) is 5.82 Å². The van der Waals surface area contributed by atoms with Crippen molar-refractivity contribution in [2.45, 2.75) is 37.6 Å². The third kappa shape index (κ3) is 5.39. The van der Waals surface area contributed by atoms with E-state index in [1.54, 1.807) is 30.3 Å². The van der Waals surface area contributed by atoms with E-state index < -0.39 is 30.2 Å². The number of amides is 1. The van der Waals surface area contributed by atoms with Crippen LogP contribution < -0.4 is 29.5 Å². The van der Waals surface area contributed by atoms with Gasteiger partial charge in [0.2, 0.25) is 11.7 Å². The second kappa shape index (κ2) is 11.9. The first-order valence-electron chi connectivity index (χ1n) is 13.4. The normalized spacial score (nSPS) is 17.9. The lowest BCUT2D eigenvalue weighted by Crippen LogP contribution is -2.39. The minimum Gasteiger partial charge on any atom is -0.550 e. The second-order valence-electron chi connectivity index (χ2n) is 10.1. The number of hydrogen-bond acceptors (Lipinski definition) is 8. The summed E-state index contributed by atoms with van der Waals surface area (Å²) < 4.78 is 31.1. The predicted octanol–water partition coefficient (Wildman–Crippen LogP) is 4.28. The topological polar surface area (TPSA) is 117 Å². The molecule has 3 aromatic carbocycles. The van der Waals surface area contributed by atoms with Gasteiger partial charge in [-0.1, -0.05) is 24.3 Å². The smallest absolute Gasteiger partial charge is 0.228 e. The van der Waals surface area contributed by atoms with Gasteiger partial charge in [-0.2, -0.15) is 0 Å². The first kappa shape index (κ1) is 28.7. The molecule has 0 aromatic heterocycles. The molecule has 0 saturated heterocycles. The molecule has 1 heterocycles. The van der Waals surface area contributed by atoms with Crippen LogP contribution in [0.1, 0.15) is 48.8 Å². The van der Waals surface area contributed by atoms with Crippen LogP contribution in [0.3, 0.4) is 0 Å². The first-order chi connectivity index (χ1) is 20.2. The van der Waals surface area contributed by atoms with E-state index >= 15 is 0 Å². The highest BCUT2D eigenvalue weighted by molar-refractivity contribution is 6.06. The lowest BCUT2D eigenvalue weighted by Gasteiger charge is -2.35. The number of ether oxygens (including phenoxy) is 3. The van der Waals surface area contributed by atoms with Gasteiger partial charge in [-0.25, -0.2) is 4.39 Å². The standard InChI is InChI=1S/C32H31FN2O7/c1-40-26-16-20(17-27(41-2)32(26)42-3)19-14-23-30(25(36)15-19)31(18-7-6-8-21(33)13-18)35(28(37)11-12-29(38)39)24-10-5-4-9-22(24)34-23/h4-10,13,16-17,19,31,34H,11-12,14-15H2,1-3H3,(H,38,39)/p-1. The van der Waals surface area contributed by atoms with Crippen LogP contribution in [-0.2, 0) is 14.4 Å². The molecule has 1 aliphatic heterocycles. The van der Waals surface area contributed by atoms with Gasteiger partial charge in [-0.15, -0.1) is 0 Å². The van der Waals surface area contributed by atoms with Gasteiger partial charge in [0.05, 0.1) is 38.7 Å². The number of anilines is 2. The Kier molecular flexibility index (Phi) is 8.15. The fourth-order valence-corrected chi connectivity index (χ4v) is 5.76. The SMILES string of the molecule is COc1cc(C2CC(=O)C3=C(C2)Nc2ccccc2N(C(=O)CCC(=O)[O-])C3c2cccc(F)c2)cc(OC)c1OC. The third-order valence-corrected chi connectivity index (χ3v) is 7.62. The van der Waals surface area contributed by atoms with Crippen LogP contribution in [0.25, 0.3) is 0 Å². The van der Waals surface area contributed by atoms with Gasteiger partial charge >= 0.3 is 0 Å². The van der Waals surface area contributed by atoms with E-state index in [4.69, 9.17) is 14.2 Å². The maximum atomic E-state index is 14.6. The largest absolute Gasteiger partial charge is 0.550 e. The fourth-order valence-electron chi connectivity index (χ4n) is 5.76. The molecule has 2 atom stereocenters. The summed E-state index contributed by atoms with van der Waals surface area (Å²) in [7, 11) is 4.56. The molecule has 10 heteroatoms. The van der Waals surface area contributed by atoms with Crippen molar-refractivity contribution in [2.75, 3.05) is 31.5 Å². The zero-order valence-electron chi connectivity index (χ0n) is 23.4. The van der Waals surface area contributed by atoms with Gasteiger partial charge < -0.3 is 29.4 Å². The number of halogens is 1. The molecule has 0 saturated carbocycles. The number of allylic oxidation sites excluding steroid dienone is 1. The van der Waals surface area contributed by atoms with Crippen molar-refractivity contribution in [1.82, 2.24) is 0 Å². The number of hydrogen-bond donors (Lipinski definition) is 1. The number of Topliss-reactive ketones (excluding diaryl/α,β-unsaturated/α-hetero) is 1. The lowest BCUT2D eigenvalue weighted by molar-refractivity contribution is -0.305. The molecule has 2 unspecified atom stereocenters. The number of benzene rings is 3. The average molecular weight is 574 g/mol. The maximum Gasteiger partial charge on any atom is 0.228 e. The zero-order valence-corrected chi connectivity index (χ0v) is 23.4. The van der Waals surface area contributed by atoms with Crippen molar-refractivity contribution >= 4 is 29.0 Å². The van der Waals surface area contributed by atoms with E-state index in [1.165, 1.54) is 44.4 Å². The number of nitrogens with one attached hydrogen (secondary N) is 1. The van der Waals surface area contributed by atoms with Crippen molar-refractivity contribution in [1.29, 1.82) is 0 Å². The van der Waals surface area contributed by atoms with Crippen molar-refractivity contribution < 1.29 is 38.1 Å². The minimum absolute atomic E-state index is 0.0996. The predicted molar refractivity (Wildman–Crippen MR) is 151 cm³/mol. The van der Waals surface area contributed by atoms with E-state index in [9.17, 15) is 23.9 Å².